The van der Waals surface area contributed by atoms with Gasteiger partial charge in [0.15, 0.2) is 0 Å². The number of hydrogen-bond acceptors (Lipinski definition) is 3. The number of carboxylic acids is 1. The lowest BCUT2D eigenvalue weighted by Crippen LogP contribution is -2.47. The summed E-state index contributed by atoms with van der Waals surface area (Å²) >= 11 is 0. The molecule has 0 radical (unpaired) electrons. The predicted molar refractivity (Wildman–Crippen MR) is 99.2 cm³/mol. The van der Waals surface area contributed by atoms with Crippen LogP contribution in [-0.4, -0.2) is 40.8 Å². The minimum atomic E-state index is -0.708. The van der Waals surface area contributed by atoms with Crippen molar-refractivity contribution in [1.82, 2.24) is 4.90 Å². The molecule has 26 heavy (non-hydrogen) atoms. The summed E-state index contributed by atoms with van der Waals surface area (Å²) in [5, 5.41) is 16.4. The van der Waals surface area contributed by atoms with Crippen molar-refractivity contribution in [2.75, 3.05) is 13.1 Å². The van der Waals surface area contributed by atoms with Crippen molar-refractivity contribution in [3.63, 3.8) is 0 Å². The quantitative estimate of drug-likeness (QED) is 0.569. The summed E-state index contributed by atoms with van der Waals surface area (Å²) in [7, 11) is 0. The van der Waals surface area contributed by atoms with Crippen LogP contribution in [0.5, 0.6) is 0 Å². The summed E-state index contributed by atoms with van der Waals surface area (Å²) in [6.07, 6.45) is 6.31. The molecule has 6 heteroatoms. The highest BCUT2D eigenvalue weighted by Gasteiger charge is 2.40. The van der Waals surface area contributed by atoms with Gasteiger partial charge in [-0.2, -0.15) is 0 Å². The van der Waals surface area contributed by atoms with Gasteiger partial charge in [-0.3, -0.25) is 15.0 Å². The van der Waals surface area contributed by atoms with Gasteiger partial charge in [0.1, 0.15) is 5.84 Å². The number of aliphatic carboxylic acids is 1. The number of nitrogens with zero attached hydrogens (tertiary/aromatic N) is 1. The number of piperidine rings is 1. The van der Waals surface area contributed by atoms with E-state index in [-0.39, 0.29) is 29.5 Å². The molecule has 140 valence electrons. The van der Waals surface area contributed by atoms with Gasteiger partial charge < -0.3 is 15.7 Å². The van der Waals surface area contributed by atoms with Gasteiger partial charge >= 0.3 is 5.97 Å². The topological polar surface area (TPSA) is 107 Å². The summed E-state index contributed by atoms with van der Waals surface area (Å²) in [5.74, 6) is -0.394. The van der Waals surface area contributed by atoms with Crippen LogP contribution in [0, 0.1) is 16.7 Å². The molecule has 1 aliphatic carbocycles. The van der Waals surface area contributed by atoms with Gasteiger partial charge in [0.2, 0.25) is 0 Å². The van der Waals surface area contributed by atoms with Crippen molar-refractivity contribution in [2.24, 2.45) is 17.1 Å². The lowest BCUT2D eigenvalue weighted by molar-refractivity contribution is -0.138. The SMILES string of the molecule is N=C(N)c1ccc(C(=O)N2CCCC3(CCC(CC(=O)O)CC3)C2)cc1. The molecule has 0 bridgehead atoms. The molecule has 2 fully saturated rings. The third-order valence-corrected chi connectivity index (χ3v) is 6.02. The number of nitrogens with one attached hydrogen (secondary N) is 1. The van der Waals surface area contributed by atoms with Crippen LogP contribution in [0.1, 0.15) is 60.9 Å². The molecular weight excluding hydrogens is 330 g/mol. The van der Waals surface area contributed by atoms with Crippen molar-refractivity contribution in [3.8, 4) is 0 Å². The van der Waals surface area contributed by atoms with Crippen molar-refractivity contribution >= 4 is 17.7 Å². The molecule has 4 N–H and O–H groups in total. The highest BCUT2D eigenvalue weighted by Crippen LogP contribution is 2.45. The maximum atomic E-state index is 12.9. The molecular formula is C20H27N3O3. The monoisotopic (exact) mass is 357 g/mol. The fraction of sp³-hybridized carbons (Fsp3) is 0.550. The van der Waals surface area contributed by atoms with Crippen LogP contribution in [0.25, 0.3) is 0 Å². The summed E-state index contributed by atoms with van der Waals surface area (Å²) in [6, 6.07) is 6.91. The number of hydrogen-bond donors (Lipinski definition) is 3. The number of nitrogen functional groups attached to an aromatic ring is 1. The van der Waals surface area contributed by atoms with Crippen LogP contribution in [0.15, 0.2) is 24.3 Å². The zero-order valence-corrected chi connectivity index (χ0v) is 15.0. The number of benzene rings is 1. The van der Waals surface area contributed by atoms with E-state index in [9.17, 15) is 9.59 Å². The Labute approximate surface area is 153 Å². The Morgan fingerprint density at radius 1 is 1.15 bits per heavy atom. The van der Waals surface area contributed by atoms with Gasteiger partial charge in [-0.25, -0.2) is 0 Å². The molecule has 1 amide bonds. The Hall–Kier alpha value is -2.37. The van der Waals surface area contributed by atoms with E-state index >= 15 is 0 Å². The van der Waals surface area contributed by atoms with E-state index in [1.165, 1.54) is 0 Å². The van der Waals surface area contributed by atoms with E-state index in [0.29, 0.717) is 11.1 Å². The third kappa shape index (κ3) is 4.06. The van der Waals surface area contributed by atoms with Crippen LogP contribution >= 0.6 is 0 Å². The van der Waals surface area contributed by atoms with Gasteiger partial charge in [-0.1, -0.05) is 12.1 Å². The van der Waals surface area contributed by atoms with E-state index in [0.717, 1.165) is 51.6 Å². The lowest BCUT2D eigenvalue weighted by atomic mass is 9.66. The summed E-state index contributed by atoms with van der Waals surface area (Å²) in [6.45, 7) is 1.54. The first kappa shape index (κ1) is 18.4. The van der Waals surface area contributed by atoms with Gasteiger partial charge in [0.25, 0.3) is 5.91 Å². The number of carboxylic acid groups (broad SMARTS) is 1. The first-order chi connectivity index (χ1) is 12.4. The standard InChI is InChI=1S/C20H27N3O3/c21-18(22)15-2-4-16(5-3-15)19(26)23-11-1-8-20(13-23)9-6-14(7-10-20)12-17(24)25/h2-5,14H,1,6-13H2,(H3,21,22)(H,24,25). The Balaban J connectivity index is 1.64. The van der Waals surface area contributed by atoms with E-state index in [1.54, 1.807) is 24.3 Å². The summed E-state index contributed by atoms with van der Waals surface area (Å²) < 4.78 is 0. The van der Waals surface area contributed by atoms with Gasteiger partial charge in [0.05, 0.1) is 0 Å². The Kier molecular flexibility index (Phi) is 5.30. The summed E-state index contributed by atoms with van der Waals surface area (Å²) in [5.41, 5.74) is 6.87. The lowest BCUT2D eigenvalue weighted by Gasteiger charge is -2.46. The second-order valence-corrected chi connectivity index (χ2v) is 7.86. The van der Waals surface area contributed by atoms with Crippen LogP contribution in [0.3, 0.4) is 0 Å². The van der Waals surface area contributed by atoms with Crippen molar-refractivity contribution in [2.45, 2.75) is 44.9 Å². The Bertz CT molecular complexity index is 691. The maximum absolute atomic E-state index is 12.9. The number of carbonyl (C=O) groups is 2. The second kappa shape index (κ2) is 7.48. The number of amides is 1. The number of carbonyl (C=O) groups excluding carboxylic acids is 1. The van der Waals surface area contributed by atoms with Crippen LogP contribution in [0.2, 0.25) is 0 Å². The first-order valence-electron chi connectivity index (χ1n) is 9.34. The Morgan fingerprint density at radius 3 is 2.35 bits per heavy atom. The smallest absolute Gasteiger partial charge is 0.303 e. The van der Waals surface area contributed by atoms with Crippen LogP contribution in [-0.2, 0) is 4.79 Å². The minimum absolute atomic E-state index is 0.000884. The highest BCUT2D eigenvalue weighted by atomic mass is 16.4. The fourth-order valence-corrected chi connectivity index (χ4v) is 4.51. The molecule has 1 heterocycles. The molecule has 1 aliphatic heterocycles. The van der Waals surface area contributed by atoms with Crippen LogP contribution in [0.4, 0.5) is 0 Å². The first-order valence-corrected chi connectivity index (χ1v) is 9.34. The normalized spacial score (nSPS) is 25.8. The van der Waals surface area contributed by atoms with Crippen molar-refractivity contribution in [1.29, 1.82) is 5.41 Å². The maximum Gasteiger partial charge on any atom is 0.303 e. The van der Waals surface area contributed by atoms with Crippen LogP contribution < -0.4 is 5.73 Å². The van der Waals surface area contributed by atoms with Crippen molar-refractivity contribution in [3.05, 3.63) is 35.4 Å². The molecule has 1 spiro atoms. The number of amidine groups is 1. The largest absolute Gasteiger partial charge is 0.481 e. The molecule has 0 aromatic heterocycles. The molecule has 1 saturated carbocycles. The zero-order chi connectivity index (χ0) is 18.7. The predicted octanol–water partition coefficient (Wildman–Crippen LogP) is 2.86. The second-order valence-electron chi connectivity index (χ2n) is 7.86. The summed E-state index contributed by atoms with van der Waals surface area (Å²) in [4.78, 5) is 25.8. The Morgan fingerprint density at radius 2 is 1.77 bits per heavy atom. The van der Waals surface area contributed by atoms with Gasteiger partial charge in [0, 0.05) is 30.6 Å². The number of likely N-dealkylation sites (tertiary alicyclic amines) is 1. The zero-order valence-electron chi connectivity index (χ0n) is 15.0. The molecule has 0 atom stereocenters. The van der Waals surface area contributed by atoms with Gasteiger partial charge in [-0.15, -0.1) is 0 Å². The van der Waals surface area contributed by atoms with E-state index in [2.05, 4.69) is 0 Å². The van der Waals surface area contributed by atoms with E-state index < -0.39 is 5.97 Å². The molecule has 0 unspecified atom stereocenters. The number of rotatable bonds is 4. The average Bonchev–Trinajstić information content (AvgIpc) is 2.63. The third-order valence-electron chi connectivity index (χ3n) is 6.02. The average molecular weight is 357 g/mol. The molecule has 1 aromatic carbocycles. The molecule has 6 nitrogen and oxygen atoms in total. The molecule has 2 aliphatic rings. The number of nitrogens with two attached hydrogens (primary N) is 1. The van der Waals surface area contributed by atoms with E-state index in [1.807, 2.05) is 4.90 Å². The highest BCUT2D eigenvalue weighted by molar-refractivity contribution is 5.98. The fourth-order valence-electron chi connectivity index (χ4n) is 4.51. The molecule has 3 rings (SSSR count). The van der Waals surface area contributed by atoms with E-state index in [4.69, 9.17) is 16.2 Å². The van der Waals surface area contributed by atoms with Crippen molar-refractivity contribution < 1.29 is 14.7 Å². The molecule has 1 aromatic rings. The molecule has 1 saturated heterocycles. The minimum Gasteiger partial charge on any atom is -0.481 e. The van der Waals surface area contributed by atoms with Gasteiger partial charge in [-0.05, 0) is 62.0 Å².